The third kappa shape index (κ3) is 5.10. The number of nitrogens with two attached hydrogens (primary N) is 1. The van der Waals surface area contributed by atoms with E-state index in [2.05, 4.69) is 23.3 Å². The maximum atomic E-state index is 12.2. The fourth-order valence-electron chi connectivity index (χ4n) is 2.87. The predicted molar refractivity (Wildman–Crippen MR) is 111 cm³/mol. The number of ether oxygens (including phenoxy) is 1. The third-order valence-electron chi connectivity index (χ3n) is 4.46. The van der Waals surface area contributed by atoms with E-state index < -0.39 is 0 Å². The normalized spacial score (nSPS) is 10.5. The number of carbonyl (C=O) groups is 1. The summed E-state index contributed by atoms with van der Waals surface area (Å²) in [6.07, 6.45) is 4.86. The third-order valence-corrected chi connectivity index (χ3v) is 4.46. The van der Waals surface area contributed by atoms with Gasteiger partial charge in [0.1, 0.15) is 17.3 Å². The van der Waals surface area contributed by atoms with Crippen molar-refractivity contribution in [2.45, 2.75) is 32.7 Å². The van der Waals surface area contributed by atoms with Gasteiger partial charge in [0.25, 0.3) is 5.91 Å². The number of benzene rings is 2. The van der Waals surface area contributed by atoms with Crippen LogP contribution in [0.5, 0.6) is 11.5 Å². The van der Waals surface area contributed by atoms with Gasteiger partial charge < -0.3 is 15.8 Å². The number of para-hydroxylation sites is 1. The number of pyridine rings is 1. The molecule has 0 atom stereocenters. The summed E-state index contributed by atoms with van der Waals surface area (Å²) in [5.41, 5.74) is 8.31. The van der Waals surface area contributed by atoms with Gasteiger partial charge in [0.05, 0.1) is 5.56 Å². The number of nitrogen functional groups attached to an aromatic ring is 1. The molecule has 0 unspecified atom stereocenters. The minimum absolute atomic E-state index is 0.227. The van der Waals surface area contributed by atoms with Crippen LogP contribution in [-0.2, 0) is 13.0 Å². The molecular formula is C23H25N3O2. The lowest BCUT2D eigenvalue weighted by Gasteiger charge is -2.12. The van der Waals surface area contributed by atoms with Crippen molar-refractivity contribution in [2.24, 2.45) is 0 Å². The van der Waals surface area contributed by atoms with E-state index in [9.17, 15) is 4.79 Å². The van der Waals surface area contributed by atoms with Gasteiger partial charge in [-0.1, -0.05) is 43.7 Å². The summed E-state index contributed by atoms with van der Waals surface area (Å²) in [6.45, 7) is 2.59. The van der Waals surface area contributed by atoms with E-state index in [1.165, 1.54) is 5.56 Å². The zero-order valence-corrected chi connectivity index (χ0v) is 16.0. The van der Waals surface area contributed by atoms with Crippen molar-refractivity contribution in [3.63, 3.8) is 0 Å². The van der Waals surface area contributed by atoms with Crippen LogP contribution in [0, 0.1) is 0 Å². The van der Waals surface area contributed by atoms with E-state index in [0.29, 0.717) is 12.1 Å². The molecule has 0 aliphatic rings. The van der Waals surface area contributed by atoms with Crippen molar-refractivity contribution in [1.82, 2.24) is 10.3 Å². The molecule has 3 N–H and O–H groups in total. The van der Waals surface area contributed by atoms with Gasteiger partial charge in [-0.15, -0.1) is 0 Å². The van der Waals surface area contributed by atoms with Gasteiger partial charge in [-0.2, -0.15) is 0 Å². The molecule has 0 spiro atoms. The Morgan fingerprint density at radius 3 is 2.61 bits per heavy atom. The van der Waals surface area contributed by atoms with Crippen LogP contribution in [0.2, 0.25) is 0 Å². The number of aromatic nitrogens is 1. The second-order valence-electron chi connectivity index (χ2n) is 6.58. The van der Waals surface area contributed by atoms with Crippen LogP contribution in [0.25, 0.3) is 0 Å². The highest BCUT2D eigenvalue weighted by atomic mass is 16.5. The molecule has 1 heterocycles. The van der Waals surface area contributed by atoms with Gasteiger partial charge in [-0.3, -0.25) is 4.79 Å². The quantitative estimate of drug-likeness (QED) is 0.597. The monoisotopic (exact) mass is 375 g/mol. The lowest BCUT2D eigenvalue weighted by molar-refractivity contribution is 0.0951. The number of unbranched alkanes of at least 4 members (excludes halogenated alkanes) is 1. The Bertz CT molecular complexity index is 923. The van der Waals surface area contributed by atoms with Crippen LogP contribution in [0.4, 0.5) is 5.82 Å². The lowest BCUT2D eigenvalue weighted by atomic mass is 10.1. The fourth-order valence-corrected chi connectivity index (χ4v) is 2.87. The smallest absolute Gasteiger partial charge is 0.255 e. The lowest BCUT2D eigenvalue weighted by Crippen LogP contribution is -2.24. The number of hydrogen-bond acceptors (Lipinski definition) is 4. The largest absolute Gasteiger partial charge is 0.457 e. The molecule has 0 aliphatic heterocycles. The Hall–Kier alpha value is -3.34. The predicted octanol–water partition coefficient (Wildman–Crippen LogP) is 4.73. The van der Waals surface area contributed by atoms with Crippen LogP contribution in [0.1, 0.15) is 41.3 Å². The van der Waals surface area contributed by atoms with Crippen molar-refractivity contribution in [1.29, 1.82) is 0 Å². The average Bonchev–Trinajstić information content (AvgIpc) is 2.73. The van der Waals surface area contributed by atoms with Crippen LogP contribution in [0.3, 0.4) is 0 Å². The van der Waals surface area contributed by atoms with Gasteiger partial charge in [0.15, 0.2) is 0 Å². The summed E-state index contributed by atoms with van der Waals surface area (Å²) in [4.78, 5) is 16.1. The van der Waals surface area contributed by atoms with E-state index in [-0.39, 0.29) is 11.7 Å². The molecule has 144 valence electrons. The van der Waals surface area contributed by atoms with E-state index in [0.717, 1.165) is 36.3 Å². The Labute approximate surface area is 165 Å². The molecule has 1 aromatic heterocycles. The van der Waals surface area contributed by atoms with Crippen molar-refractivity contribution in [2.75, 3.05) is 5.73 Å². The number of anilines is 1. The van der Waals surface area contributed by atoms with E-state index in [1.807, 2.05) is 42.5 Å². The molecule has 0 bridgehead atoms. The van der Waals surface area contributed by atoms with Crippen molar-refractivity contribution in [3.8, 4) is 11.5 Å². The second-order valence-corrected chi connectivity index (χ2v) is 6.58. The van der Waals surface area contributed by atoms with Crippen molar-refractivity contribution in [3.05, 3.63) is 83.6 Å². The number of hydrogen-bond donors (Lipinski definition) is 2. The Balaban J connectivity index is 1.60. The van der Waals surface area contributed by atoms with E-state index >= 15 is 0 Å². The fraction of sp³-hybridized carbons (Fsp3) is 0.217. The Morgan fingerprint density at radius 2 is 1.86 bits per heavy atom. The van der Waals surface area contributed by atoms with Crippen LogP contribution >= 0.6 is 0 Å². The molecule has 0 saturated carbocycles. The molecule has 5 heteroatoms. The minimum atomic E-state index is -0.240. The average molecular weight is 375 g/mol. The summed E-state index contributed by atoms with van der Waals surface area (Å²) in [5.74, 6) is 1.65. The molecule has 2 aromatic carbocycles. The highest BCUT2D eigenvalue weighted by molar-refractivity contribution is 5.98. The molecular weight excluding hydrogens is 350 g/mol. The summed E-state index contributed by atoms with van der Waals surface area (Å²) in [7, 11) is 0. The summed E-state index contributed by atoms with van der Waals surface area (Å²) >= 11 is 0. The van der Waals surface area contributed by atoms with Crippen LogP contribution < -0.4 is 15.8 Å². The van der Waals surface area contributed by atoms with Gasteiger partial charge in [-0.25, -0.2) is 4.98 Å². The highest BCUT2D eigenvalue weighted by Gasteiger charge is 2.09. The number of aryl methyl sites for hydroxylation is 1. The maximum Gasteiger partial charge on any atom is 0.255 e. The molecule has 0 fully saturated rings. The van der Waals surface area contributed by atoms with Crippen LogP contribution in [-0.4, -0.2) is 10.9 Å². The van der Waals surface area contributed by atoms with Gasteiger partial charge in [-0.05, 0) is 54.3 Å². The number of nitrogens with zero attached hydrogens (tertiary/aromatic N) is 1. The first-order valence-electron chi connectivity index (χ1n) is 9.50. The highest BCUT2D eigenvalue weighted by Crippen LogP contribution is 2.26. The van der Waals surface area contributed by atoms with Crippen molar-refractivity contribution < 1.29 is 9.53 Å². The summed E-state index contributed by atoms with van der Waals surface area (Å²) in [6, 6.07) is 19.2. The molecule has 0 radical (unpaired) electrons. The molecule has 3 rings (SSSR count). The molecule has 0 saturated heterocycles. The van der Waals surface area contributed by atoms with Crippen molar-refractivity contribution >= 4 is 11.7 Å². The Morgan fingerprint density at radius 1 is 1.07 bits per heavy atom. The molecule has 1 amide bonds. The number of rotatable bonds is 8. The zero-order valence-electron chi connectivity index (χ0n) is 16.0. The number of nitrogens with one attached hydrogen (secondary N) is 1. The van der Waals surface area contributed by atoms with Gasteiger partial charge in [0.2, 0.25) is 0 Å². The first-order valence-corrected chi connectivity index (χ1v) is 9.50. The van der Waals surface area contributed by atoms with Crippen LogP contribution in [0.15, 0.2) is 66.9 Å². The molecule has 3 aromatic rings. The zero-order chi connectivity index (χ0) is 19.8. The van der Waals surface area contributed by atoms with E-state index in [4.69, 9.17) is 10.5 Å². The maximum absolute atomic E-state index is 12.2. The van der Waals surface area contributed by atoms with E-state index in [1.54, 1.807) is 18.3 Å². The molecule has 28 heavy (non-hydrogen) atoms. The number of carbonyl (C=O) groups excluding carboxylic acids is 1. The first kappa shape index (κ1) is 19.4. The molecule has 0 aliphatic carbocycles. The first-order chi connectivity index (χ1) is 13.7. The standard InChI is InChI=1S/C23H25N3O2/c1-2-3-7-18-8-4-5-10-21(18)28-19-13-11-17(12-14-19)16-26-23(27)20-9-6-15-25-22(20)24/h4-6,8-15H,2-3,7,16H2,1H3,(H2,24,25)(H,26,27). The van der Waals surface area contributed by atoms with Gasteiger partial charge in [0, 0.05) is 12.7 Å². The molecule has 5 nitrogen and oxygen atoms in total. The Kier molecular flexibility index (Phi) is 6.63. The van der Waals surface area contributed by atoms with Gasteiger partial charge >= 0.3 is 0 Å². The minimum Gasteiger partial charge on any atom is -0.457 e. The second kappa shape index (κ2) is 9.55. The summed E-state index contributed by atoms with van der Waals surface area (Å²) in [5, 5.41) is 2.86. The SMILES string of the molecule is CCCCc1ccccc1Oc1ccc(CNC(=O)c2cccnc2N)cc1. The summed E-state index contributed by atoms with van der Waals surface area (Å²) < 4.78 is 6.06. The number of amides is 1. The topological polar surface area (TPSA) is 77.2 Å².